The molecule has 2 aliphatic carbocycles. The van der Waals surface area contributed by atoms with Gasteiger partial charge in [0.15, 0.2) is 0 Å². The number of hydrogen-bond donors (Lipinski definition) is 0. The Hall–Kier alpha value is -0.0800. The molecule has 1 radical (unpaired) electrons. The van der Waals surface area contributed by atoms with Crippen LogP contribution in [0.2, 0.25) is 0 Å². The number of rotatable bonds is 3. The minimum atomic E-state index is -1.12. The van der Waals surface area contributed by atoms with Gasteiger partial charge in [-0.25, -0.2) is 0 Å². The van der Waals surface area contributed by atoms with Crippen molar-refractivity contribution in [1.82, 2.24) is 0 Å². The van der Waals surface area contributed by atoms with Crippen molar-refractivity contribution in [2.24, 2.45) is 5.92 Å². The van der Waals surface area contributed by atoms with Crippen LogP contribution in [0, 0.1) is 5.92 Å². The van der Waals surface area contributed by atoms with Crippen molar-refractivity contribution < 1.29 is 9.84 Å². The molecule has 0 spiro atoms. The van der Waals surface area contributed by atoms with Crippen LogP contribution in [0.3, 0.4) is 0 Å². The maximum Gasteiger partial charge on any atom is 0.201 e. The molecule has 0 heterocycles. The van der Waals surface area contributed by atoms with E-state index >= 15 is 0 Å². The topological polar surface area (TPSA) is 29.1 Å². The lowest BCUT2D eigenvalue weighted by Crippen LogP contribution is -2.41. The smallest absolute Gasteiger partial charge is 0.201 e. The van der Waals surface area contributed by atoms with E-state index in [0.717, 1.165) is 25.7 Å². The van der Waals surface area contributed by atoms with Crippen molar-refractivity contribution in [3.05, 3.63) is 0 Å². The van der Waals surface area contributed by atoms with Gasteiger partial charge in [-0.1, -0.05) is 38.5 Å². The first-order valence-electron chi connectivity index (χ1n) is 7.07. The van der Waals surface area contributed by atoms with Crippen LogP contribution in [-0.4, -0.2) is 11.9 Å². The molecule has 2 aliphatic rings. The van der Waals surface area contributed by atoms with Crippen LogP contribution in [0.1, 0.15) is 71.1 Å². The lowest BCUT2D eigenvalue weighted by molar-refractivity contribution is -0.288. The van der Waals surface area contributed by atoms with Gasteiger partial charge in [-0.3, -0.25) is 0 Å². The lowest BCUT2D eigenvalue weighted by Gasteiger charge is -2.37. The first kappa shape index (κ1) is 12.4. The summed E-state index contributed by atoms with van der Waals surface area (Å²) in [5, 5.41) is 12.5. The third kappa shape index (κ3) is 3.21. The molecule has 0 amide bonds. The van der Waals surface area contributed by atoms with Gasteiger partial charge in [0.2, 0.25) is 5.79 Å². The van der Waals surface area contributed by atoms with Crippen molar-refractivity contribution in [1.29, 1.82) is 0 Å². The zero-order chi connectivity index (χ0) is 11.4. The minimum absolute atomic E-state index is 0.248. The summed E-state index contributed by atoms with van der Waals surface area (Å²) in [4.78, 5) is 0. The van der Waals surface area contributed by atoms with E-state index < -0.39 is 5.79 Å². The van der Waals surface area contributed by atoms with Gasteiger partial charge < -0.3 is 4.74 Å². The molecule has 16 heavy (non-hydrogen) atoms. The quantitative estimate of drug-likeness (QED) is 0.666. The summed E-state index contributed by atoms with van der Waals surface area (Å²) in [5.74, 6) is -0.870. The van der Waals surface area contributed by atoms with E-state index in [1.165, 1.54) is 38.5 Å². The van der Waals surface area contributed by atoms with Gasteiger partial charge in [0.1, 0.15) is 0 Å². The Bertz CT molecular complexity index is 201. The highest BCUT2D eigenvalue weighted by Gasteiger charge is 2.37. The largest absolute Gasteiger partial charge is 0.344 e. The predicted octanol–water partition coefficient (Wildman–Crippen LogP) is 4.06. The lowest BCUT2D eigenvalue weighted by atomic mass is 9.83. The molecular formula is C14H25O2. The van der Waals surface area contributed by atoms with Crippen molar-refractivity contribution in [3.8, 4) is 0 Å². The summed E-state index contributed by atoms with van der Waals surface area (Å²) in [6.07, 6.45) is 12.1. The van der Waals surface area contributed by atoms with E-state index in [9.17, 15) is 5.11 Å². The molecule has 0 bridgehead atoms. The molecule has 0 aromatic rings. The van der Waals surface area contributed by atoms with Crippen LogP contribution in [0.4, 0.5) is 0 Å². The normalized spacial score (nSPS) is 28.9. The SMILES string of the molecule is CC([O])(OC1CCCCC1)C1CCCCC1. The summed E-state index contributed by atoms with van der Waals surface area (Å²) < 4.78 is 5.86. The molecule has 2 rings (SSSR count). The van der Waals surface area contributed by atoms with Gasteiger partial charge in [0.05, 0.1) is 6.10 Å². The molecule has 2 nitrogen and oxygen atoms in total. The third-order valence-corrected chi connectivity index (χ3v) is 4.30. The monoisotopic (exact) mass is 225 g/mol. The summed E-state index contributed by atoms with van der Waals surface area (Å²) in [6.45, 7) is 1.78. The van der Waals surface area contributed by atoms with E-state index in [2.05, 4.69) is 0 Å². The Morgan fingerprint density at radius 1 is 0.875 bits per heavy atom. The second kappa shape index (κ2) is 5.50. The molecule has 0 N–H and O–H groups in total. The molecule has 0 saturated heterocycles. The second-order valence-corrected chi connectivity index (χ2v) is 5.73. The number of hydrogen-bond acceptors (Lipinski definition) is 1. The Balaban J connectivity index is 1.84. The fourth-order valence-electron chi connectivity index (χ4n) is 3.24. The van der Waals surface area contributed by atoms with Crippen LogP contribution in [0.5, 0.6) is 0 Å². The van der Waals surface area contributed by atoms with Crippen molar-refractivity contribution >= 4 is 0 Å². The summed E-state index contributed by atoms with van der Waals surface area (Å²) >= 11 is 0. The molecule has 0 aromatic carbocycles. The maximum atomic E-state index is 12.5. The standard InChI is InChI=1S/C14H25O2/c1-14(15,12-8-4-2-5-9-12)16-13-10-6-3-7-11-13/h12-13H,2-11H2,1H3. The molecule has 1 unspecified atom stereocenters. The highest BCUT2D eigenvalue weighted by atomic mass is 16.6. The van der Waals surface area contributed by atoms with Gasteiger partial charge in [-0.15, -0.1) is 0 Å². The van der Waals surface area contributed by atoms with Crippen LogP contribution in [-0.2, 0) is 9.84 Å². The Morgan fingerprint density at radius 2 is 1.38 bits per heavy atom. The molecule has 0 aliphatic heterocycles. The minimum Gasteiger partial charge on any atom is -0.344 e. The van der Waals surface area contributed by atoms with Crippen molar-refractivity contribution in [2.45, 2.75) is 83.0 Å². The summed E-state index contributed by atoms with van der Waals surface area (Å²) in [5.41, 5.74) is 0. The van der Waals surface area contributed by atoms with Crippen molar-refractivity contribution in [3.63, 3.8) is 0 Å². The van der Waals surface area contributed by atoms with Crippen LogP contribution >= 0.6 is 0 Å². The Labute approximate surface area is 99.4 Å². The Morgan fingerprint density at radius 3 is 1.94 bits per heavy atom. The summed E-state index contributed by atoms with van der Waals surface area (Å²) in [7, 11) is 0. The highest BCUT2D eigenvalue weighted by molar-refractivity contribution is 4.79. The first-order chi connectivity index (χ1) is 7.68. The molecule has 2 saturated carbocycles. The average molecular weight is 225 g/mol. The Kier molecular flexibility index (Phi) is 4.26. The van der Waals surface area contributed by atoms with Crippen LogP contribution in [0.15, 0.2) is 0 Å². The fourth-order valence-corrected chi connectivity index (χ4v) is 3.24. The maximum absolute atomic E-state index is 12.5. The van der Waals surface area contributed by atoms with Gasteiger partial charge in [-0.2, -0.15) is 5.11 Å². The zero-order valence-corrected chi connectivity index (χ0v) is 10.5. The van der Waals surface area contributed by atoms with Crippen LogP contribution in [0.25, 0.3) is 0 Å². The average Bonchev–Trinajstić information content (AvgIpc) is 2.31. The molecule has 1 atom stereocenters. The molecule has 93 valence electrons. The predicted molar refractivity (Wildman–Crippen MR) is 63.6 cm³/mol. The molecular weight excluding hydrogens is 200 g/mol. The van der Waals surface area contributed by atoms with Gasteiger partial charge in [0, 0.05) is 5.92 Å². The van der Waals surface area contributed by atoms with Gasteiger partial charge in [0.25, 0.3) is 0 Å². The number of ether oxygens (including phenoxy) is 1. The van der Waals surface area contributed by atoms with Crippen molar-refractivity contribution in [2.75, 3.05) is 0 Å². The van der Waals surface area contributed by atoms with E-state index in [1.54, 1.807) is 6.92 Å². The first-order valence-corrected chi connectivity index (χ1v) is 7.07. The van der Waals surface area contributed by atoms with Gasteiger partial charge >= 0.3 is 0 Å². The summed E-state index contributed by atoms with van der Waals surface area (Å²) in [6, 6.07) is 0. The zero-order valence-electron chi connectivity index (χ0n) is 10.5. The second-order valence-electron chi connectivity index (χ2n) is 5.73. The van der Waals surface area contributed by atoms with E-state index in [-0.39, 0.29) is 12.0 Å². The van der Waals surface area contributed by atoms with E-state index in [1.807, 2.05) is 0 Å². The fraction of sp³-hybridized carbons (Fsp3) is 1.00. The highest BCUT2D eigenvalue weighted by Crippen LogP contribution is 2.36. The molecule has 0 aromatic heterocycles. The van der Waals surface area contributed by atoms with Crippen LogP contribution < -0.4 is 0 Å². The third-order valence-electron chi connectivity index (χ3n) is 4.30. The molecule has 2 fully saturated rings. The van der Waals surface area contributed by atoms with E-state index in [0.29, 0.717) is 0 Å². The van der Waals surface area contributed by atoms with E-state index in [4.69, 9.17) is 4.74 Å². The van der Waals surface area contributed by atoms with Gasteiger partial charge in [-0.05, 0) is 32.6 Å². The molecule has 2 heteroatoms.